The molecule has 1 aliphatic carbocycles. The van der Waals surface area contributed by atoms with Crippen LogP contribution in [-0.2, 0) is 11.3 Å². The Hall–Kier alpha value is -1.35. The van der Waals surface area contributed by atoms with Gasteiger partial charge in [0.2, 0.25) is 5.91 Å². The van der Waals surface area contributed by atoms with E-state index in [9.17, 15) is 4.79 Å². The fraction of sp³-hybridized carbons (Fsp3) is 0.500. The van der Waals surface area contributed by atoms with Crippen LogP contribution >= 0.6 is 0 Å². The van der Waals surface area contributed by atoms with Crippen LogP contribution in [0.2, 0.25) is 0 Å². The van der Waals surface area contributed by atoms with Gasteiger partial charge < -0.3 is 11.1 Å². The molecule has 1 aromatic carbocycles. The molecule has 1 aliphatic rings. The van der Waals surface area contributed by atoms with E-state index in [0.717, 1.165) is 29.7 Å². The second-order valence-electron chi connectivity index (χ2n) is 4.85. The Morgan fingerprint density at radius 2 is 2.12 bits per heavy atom. The molecule has 0 aliphatic heterocycles. The summed E-state index contributed by atoms with van der Waals surface area (Å²) in [6.07, 6.45) is 3.24. The molecule has 0 atom stereocenters. The summed E-state index contributed by atoms with van der Waals surface area (Å²) < 4.78 is 0. The molecule has 1 saturated carbocycles. The van der Waals surface area contributed by atoms with Gasteiger partial charge in [-0.25, -0.2) is 0 Å². The summed E-state index contributed by atoms with van der Waals surface area (Å²) in [6.45, 7) is 4.59. The number of aryl methyl sites for hydroxylation is 1. The monoisotopic (exact) mass is 232 g/mol. The Morgan fingerprint density at radius 3 is 2.65 bits per heavy atom. The number of amides is 1. The summed E-state index contributed by atoms with van der Waals surface area (Å²) in [6, 6.07) is 3.99. The van der Waals surface area contributed by atoms with Gasteiger partial charge in [-0.15, -0.1) is 0 Å². The van der Waals surface area contributed by atoms with E-state index in [2.05, 4.69) is 5.32 Å². The van der Waals surface area contributed by atoms with Crippen molar-refractivity contribution < 1.29 is 4.79 Å². The topological polar surface area (TPSA) is 55.1 Å². The number of nitrogens with two attached hydrogens (primary N) is 1. The summed E-state index contributed by atoms with van der Waals surface area (Å²) in [5.41, 5.74) is 10.1. The number of hydrogen-bond donors (Lipinski definition) is 2. The smallest absolute Gasteiger partial charge is 0.227 e. The molecule has 0 saturated heterocycles. The van der Waals surface area contributed by atoms with E-state index in [0.29, 0.717) is 6.54 Å². The Morgan fingerprint density at radius 1 is 1.41 bits per heavy atom. The number of carbonyl (C=O) groups excluding carboxylic acids is 1. The maximum Gasteiger partial charge on any atom is 0.227 e. The highest BCUT2D eigenvalue weighted by Gasteiger charge is 2.25. The molecular formula is C14H20N2O. The van der Waals surface area contributed by atoms with Crippen molar-refractivity contribution in [2.24, 2.45) is 11.7 Å². The first kappa shape index (κ1) is 12.1. The number of carbonyl (C=O) groups is 1. The highest BCUT2D eigenvalue weighted by atomic mass is 16.1. The fourth-order valence-corrected chi connectivity index (χ4v) is 2.25. The zero-order valence-corrected chi connectivity index (χ0v) is 10.5. The second-order valence-corrected chi connectivity index (χ2v) is 4.85. The first-order chi connectivity index (χ1) is 8.13. The van der Waals surface area contributed by atoms with Crippen LogP contribution < -0.4 is 11.1 Å². The molecule has 3 heteroatoms. The lowest BCUT2D eigenvalue weighted by molar-refractivity contribution is -0.122. The normalized spacial score (nSPS) is 15.5. The van der Waals surface area contributed by atoms with Gasteiger partial charge in [0.15, 0.2) is 0 Å². The van der Waals surface area contributed by atoms with Crippen LogP contribution in [0.5, 0.6) is 0 Å². The largest absolute Gasteiger partial charge is 0.326 e. The lowest BCUT2D eigenvalue weighted by Gasteiger charge is -2.25. The van der Waals surface area contributed by atoms with Crippen LogP contribution in [0, 0.1) is 19.8 Å². The highest BCUT2D eigenvalue weighted by Crippen LogP contribution is 2.29. The van der Waals surface area contributed by atoms with Crippen LogP contribution in [0.15, 0.2) is 12.1 Å². The molecule has 0 radical (unpaired) electrons. The number of nitrogens with one attached hydrogen (secondary N) is 1. The summed E-state index contributed by atoms with van der Waals surface area (Å²) in [4.78, 5) is 11.9. The SMILES string of the molecule is Cc1ccc(NC(=O)C2CCC2)c(C)c1CN. The minimum atomic E-state index is 0.158. The molecule has 0 spiro atoms. The molecule has 3 nitrogen and oxygen atoms in total. The van der Waals surface area contributed by atoms with Gasteiger partial charge in [0.25, 0.3) is 0 Å². The molecule has 0 aromatic heterocycles. The van der Waals surface area contributed by atoms with Crippen LogP contribution in [0.1, 0.15) is 36.0 Å². The molecule has 1 fully saturated rings. The number of anilines is 1. The van der Waals surface area contributed by atoms with Crippen molar-refractivity contribution in [3.63, 3.8) is 0 Å². The third-order valence-electron chi connectivity index (χ3n) is 3.77. The fourth-order valence-electron chi connectivity index (χ4n) is 2.25. The summed E-state index contributed by atoms with van der Waals surface area (Å²) >= 11 is 0. The molecule has 3 N–H and O–H groups in total. The first-order valence-corrected chi connectivity index (χ1v) is 6.23. The van der Waals surface area contributed by atoms with Crippen molar-refractivity contribution >= 4 is 11.6 Å². The van der Waals surface area contributed by atoms with E-state index < -0.39 is 0 Å². The highest BCUT2D eigenvalue weighted by molar-refractivity contribution is 5.93. The van der Waals surface area contributed by atoms with Gasteiger partial charge in [-0.2, -0.15) is 0 Å². The summed E-state index contributed by atoms with van der Waals surface area (Å²) in [7, 11) is 0. The van der Waals surface area contributed by atoms with Crippen molar-refractivity contribution in [2.75, 3.05) is 5.32 Å². The summed E-state index contributed by atoms with van der Waals surface area (Å²) in [5, 5.41) is 3.02. The van der Waals surface area contributed by atoms with Gasteiger partial charge in [-0.05, 0) is 49.4 Å². The van der Waals surface area contributed by atoms with Crippen LogP contribution in [0.4, 0.5) is 5.69 Å². The Labute approximate surface area is 102 Å². The predicted molar refractivity (Wildman–Crippen MR) is 69.8 cm³/mol. The number of rotatable bonds is 3. The van der Waals surface area contributed by atoms with E-state index in [1.807, 2.05) is 26.0 Å². The third-order valence-corrected chi connectivity index (χ3v) is 3.77. The molecule has 1 amide bonds. The molecule has 0 heterocycles. The van der Waals surface area contributed by atoms with Gasteiger partial charge in [0.1, 0.15) is 0 Å². The molecule has 2 rings (SSSR count). The van der Waals surface area contributed by atoms with Gasteiger partial charge in [0, 0.05) is 18.2 Å². The van der Waals surface area contributed by atoms with Crippen molar-refractivity contribution in [1.82, 2.24) is 0 Å². The predicted octanol–water partition coefficient (Wildman–Crippen LogP) is 2.50. The van der Waals surface area contributed by atoms with Crippen molar-refractivity contribution in [3.8, 4) is 0 Å². The standard InChI is InChI=1S/C14H20N2O/c1-9-6-7-13(10(2)12(9)8-15)16-14(17)11-4-3-5-11/h6-7,11H,3-5,8,15H2,1-2H3,(H,16,17). The Bertz CT molecular complexity index is 436. The average Bonchev–Trinajstić information content (AvgIpc) is 2.20. The molecule has 0 unspecified atom stereocenters. The van der Waals surface area contributed by atoms with Gasteiger partial charge >= 0.3 is 0 Å². The molecular weight excluding hydrogens is 212 g/mol. The van der Waals surface area contributed by atoms with E-state index in [1.165, 1.54) is 12.0 Å². The average molecular weight is 232 g/mol. The zero-order valence-electron chi connectivity index (χ0n) is 10.5. The van der Waals surface area contributed by atoms with Crippen molar-refractivity contribution in [2.45, 2.75) is 39.7 Å². The minimum Gasteiger partial charge on any atom is -0.326 e. The molecule has 92 valence electrons. The van der Waals surface area contributed by atoms with Gasteiger partial charge in [-0.1, -0.05) is 12.5 Å². The van der Waals surface area contributed by atoms with Crippen LogP contribution in [0.3, 0.4) is 0 Å². The second kappa shape index (κ2) is 4.88. The number of hydrogen-bond acceptors (Lipinski definition) is 2. The van der Waals surface area contributed by atoms with E-state index in [4.69, 9.17) is 5.73 Å². The van der Waals surface area contributed by atoms with E-state index >= 15 is 0 Å². The minimum absolute atomic E-state index is 0.158. The van der Waals surface area contributed by atoms with Crippen LogP contribution in [-0.4, -0.2) is 5.91 Å². The van der Waals surface area contributed by atoms with Crippen molar-refractivity contribution in [1.29, 1.82) is 0 Å². The Balaban J connectivity index is 2.18. The summed E-state index contributed by atoms with van der Waals surface area (Å²) in [5.74, 6) is 0.378. The lowest BCUT2D eigenvalue weighted by atomic mass is 9.84. The Kier molecular flexibility index (Phi) is 3.48. The van der Waals surface area contributed by atoms with E-state index in [-0.39, 0.29) is 11.8 Å². The maximum atomic E-state index is 11.9. The van der Waals surface area contributed by atoms with Crippen LogP contribution in [0.25, 0.3) is 0 Å². The lowest BCUT2D eigenvalue weighted by Crippen LogP contribution is -2.28. The first-order valence-electron chi connectivity index (χ1n) is 6.23. The maximum absolute atomic E-state index is 11.9. The molecule has 0 bridgehead atoms. The molecule has 1 aromatic rings. The van der Waals surface area contributed by atoms with Gasteiger partial charge in [0.05, 0.1) is 0 Å². The van der Waals surface area contributed by atoms with E-state index in [1.54, 1.807) is 0 Å². The molecule has 17 heavy (non-hydrogen) atoms. The third kappa shape index (κ3) is 2.34. The number of benzene rings is 1. The zero-order chi connectivity index (χ0) is 12.4. The quantitative estimate of drug-likeness (QED) is 0.841. The van der Waals surface area contributed by atoms with Crippen molar-refractivity contribution in [3.05, 3.63) is 28.8 Å². The van der Waals surface area contributed by atoms with Gasteiger partial charge in [-0.3, -0.25) is 4.79 Å².